The highest BCUT2D eigenvalue weighted by Crippen LogP contribution is 2.37. The Hall–Kier alpha value is -3.02. The van der Waals surface area contributed by atoms with Gasteiger partial charge >= 0.3 is 0 Å². The summed E-state index contributed by atoms with van der Waals surface area (Å²) in [5, 5.41) is 3.15. The van der Waals surface area contributed by atoms with E-state index in [1.54, 1.807) is 14.0 Å². The zero-order valence-electron chi connectivity index (χ0n) is 19.6. The lowest BCUT2D eigenvalue weighted by Gasteiger charge is -2.42. The maximum Gasteiger partial charge on any atom is 0.260 e. The van der Waals surface area contributed by atoms with E-state index in [1.807, 2.05) is 47.4 Å². The summed E-state index contributed by atoms with van der Waals surface area (Å²) in [5.74, 6) is 1.34. The number of piperidine rings is 1. The molecule has 2 amide bonds. The molecule has 0 radical (unpaired) electrons. The Bertz CT molecular complexity index is 982. The second-order valence-corrected chi connectivity index (χ2v) is 9.29. The van der Waals surface area contributed by atoms with Crippen LogP contribution >= 0.6 is 0 Å². The molecule has 2 heterocycles. The summed E-state index contributed by atoms with van der Waals surface area (Å²) < 4.78 is 11.4. The largest absolute Gasteiger partial charge is 0.496 e. The lowest BCUT2D eigenvalue weighted by atomic mass is 9.74. The molecule has 1 fully saturated rings. The van der Waals surface area contributed by atoms with Gasteiger partial charge in [0, 0.05) is 19.6 Å². The smallest absolute Gasteiger partial charge is 0.260 e. The van der Waals surface area contributed by atoms with Crippen LogP contribution in [-0.2, 0) is 11.2 Å². The first-order valence-electron chi connectivity index (χ1n) is 12.0. The number of carbonyl (C=O) groups is 2. The second kappa shape index (κ2) is 10.3. The fraction of sp³-hybridized carbons (Fsp3) is 0.481. The average Bonchev–Trinajstić information content (AvgIpc) is 2.85. The summed E-state index contributed by atoms with van der Waals surface area (Å²) in [6.07, 6.45) is 5.35. The zero-order valence-corrected chi connectivity index (χ0v) is 19.6. The molecule has 1 N–H and O–H groups in total. The van der Waals surface area contributed by atoms with Gasteiger partial charge in [0.2, 0.25) is 0 Å². The van der Waals surface area contributed by atoms with E-state index in [0.717, 1.165) is 49.8 Å². The summed E-state index contributed by atoms with van der Waals surface area (Å²) in [6, 6.07) is 15.4. The van der Waals surface area contributed by atoms with Gasteiger partial charge in [0.25, 0.3) is 11.8 Å². The van der Waals surface area contributed by atoms with Crippen LogP contribution in [-0.4, -0.2) is 49.6 Å². The van der Waals surface area contributed by atoms with E-state index < -0.39 is 6.10 Å². The van der Waals surface area contributed by atoms with Crippen molar-refractivity contribution in [3.8, 4) is 11.5 Å². The molecule has 6 nitrogen and oxygen atoms in total. The number of nitrogens with zero attached hydrogens (tertiary/aromatic N) is 1. The first-order chi connectivity index (χ1) is 16.0. The molecule has 0 unspecified atom stereocenters. The van der Waals surface area contributed by atoms with E-state index in [1.165, 1.54) is 0 Å². The van der Waals surface area contributed by atoms with Crippen LogP contribution in [0.2, 0.25) is 0 Å². The van der Waals surface area contributed by atoms with Crippen molar-refractivity contribution in [3.05, 3.63) is 59.7 Å². The molecule has 0 bridgehead atoms. The van der Waals surface area contributed by atoms with E-state index in [-0.39, 0.29) is 17.2 Å². The first kappa shape index (κ1) is 23.1. The lowest BCUT2D eigenvalue weighted by Crippen LogP contribution is -2.49. The van der Waals surface area contributed by atoms with Crippen molar-refractivity contribution in [2.24, 2.45) is 5.41 Å². The average molecular weight is 451 g/mol. The predicted octanol–water partition coefficient (Wildman–Crippen LogP) is 4.23. The number of methoxy groups -OCH3 is 1. The predicted molar refractivity (Wildman–Crippen MR) is 128 cm³/mol. The van der Waals surface area contributed by atoms with Crippen molar-refractivity contribution < 1.29 is 19.1 Å². The Balaban J connectivity index is 1.44. The highest BCUT2D eigenvalue weighted by atomic mass is 16.5. The van der Waals surface area contributed by atoms with Crippen molar-refractivity contribution in [3.63, 3.8) is 0 Å². The van der Waals surface area contributed by atoms with Gasteiger partial charge in [-0.25, -0.2) is 0 Å². The van der Waals surface area contributed by atoms with E-state index in [4.69, 9.17) is 9.47 Å². The van der Waals surface area contributed by atoms with Gasteiger partial charge in [-0.3, -0.25) is 9.59 Å². The van der Waals surface area contributed by atoms with Gasteiger partial charge in [-0.1, -0.05) is 36.8 Å². The zero-order chi connectivity index (χ0) is 23.3. The Labute approximate surface area is 196 Å². The number of hydrogen-bond donors (Lipinski definition) is 1. The molecule has 2 aliphatic rings. The summed E-state index contributed by atoms with van der Waals surface area (Å²) in [4.78, 5) is 27.8. The number of para-hydroxylation sites is 2. The van der Waals surface area contributed by atoms with Gasteiger partial charge in [-0.15, -0.1) is 0 Å². The maximum atomic E-state index is 13.1. The van der Waals surface area contributed by atoms with Crippen molar-refractivity contribution in [1.82, 2.24) is 10.2 Å². The number of carbonyl (C=O) groups excluding carboxylic acids is 2. The normalized spacial score (nSPS) is 21.1. The monoisotopic (exact) mass is 450 g/mol. The summed E-state index contributed by atoms with van der Waals surface area (Å²) in [6.45, 7) is 3.79. The van der Waals surface area contributed by atoms with Crippen molar-refractivity contribution in [1.29, 1.82) is 0 Å². The van der Waals surface area contributed by atoms with Crippen molar-refractivity contribution in [2.45, 2.75) is 51.6 Å². The summed E-state index contributed by atoms with van der Waals surface area (Å²) in [5.41, 5.74) is 1.77. The molecule has 6 heteroatoms. The van der Waals surface area contributed by atoms with Gasteiger partial charge in [-0.05, 0) is 68.2 Å². The lowest BCUT2D eigenvalue weighted by molar-refractivity contribution is -0.128. The maximum absolute atomic E-state index is 13.1. The second-order valence-electron chi connectivity index (χ2n) is 9.29. The number of fused-ring (bicyclic) bond motifs is 1. The minimum atomic E-state index is -0.546. The van der Waals surface area contributed by atoms with Crippen LogP contribution in [0.1, 0.15) is 54.9 Å². The third kappa shape index (κ3) is 5.32. The van der Waals surface area contributed by atoms with Crippen LogP contribution in [0.15, 0.2) is 48.5 Å². The number of rotatable bonds is 2. The van der Waals surface area contributed by atoms with Crippen LogP contribution in [0.4, 0.5) is 0 Å². The SMILES string of the molecule is COc1ccccc1C(=O)N1CCC2(CCCCc3ccccc3O[C@H](C)C(=O)NC2)CC1. The fourth-order valence-corrected chi connectivity index (χ4v) is 4.99. The number of ether oxygens (including phenoxy) is 2. The fourth-order valence-electron chi connectivity index (χ4n) is 4.99. The molecule has 0 saturated carbocycles. The molecule has 4 rings (SSSR count). The number of amides is 2. The Morgan fingerprint density at radius 3 is 2.58 bits per heavy atom. The number of aryl methyl sites for hydroxylation is 1. The molecule has 1 saturated heterocycles. The molecule has 33 heavy (non-hydrogen) atoms. The topological polar surface area (TPSA) is 67.9 Å². The van der Waals surface area contributed by atoms with Gasteiger partial charge in [0.15, 0.2) is 6.10 Å². The molecule has 0 aromatic heterocycles. The molecule has 2 aromatic rings. The van der Waals surface area contributed by atoms with Gasteiger partial charge in [0.05, 0.1) is 12.7 Å². The van der Waals surface area contributed by atoms with Gasteiger partial charge in [0.1, 0.15) is 11.5 Å². The molecule has 1 spiro atoms. The molecular formula is C27H34N2O4. The molecular weight excluding hydrogens is 416 g/mol. The quantitative estimate of drug-likeness (QED) is 0.744. The van der Waals surface area contributed by atoms with E-state index in [0.29, 0.717) is 30.9 Å². The van der Waals surface area contributed by atoms with Crippen LogP contribution in [0.5, 0.6) is 11.5 Å². The highest BCUT2D eigenvalue weighted by molar-refractivity contribution is 5.97. The standard InChI is InChI=1S/C27H34N2O4/c1-20-25(30)28-19-27(14-8-7-10-21-9-3-5-12-23(21)33-20)15-17-29(18-16-27)26(31)22-11-4-6-13-24(22)32-2/h3-6,9,11-13,20H,7-8,10,14-19H2,1-2H3,(H,28,30)/t20-/m1/s1. The molecule has 0 aliphatic carbocycles. The van der Waals surface area contributed by atoms with Crippen LogP contribution < -0.4 is 14.8 Å². The third-order valence-corrected chi connectivity index (χ3v) is 7.14. The summed E-state index contributed by atoms with van der Waals surface area (Å²) >= 11 is 0. The van der Waals surface area contributed by atoms with E-state index in [9.17, 15) is 9.59 Å². The summed E-state index contributed by atoms with van der Waals surface area (Å²) in [7, 11) is 1.59. The minimum absolute atomic E-state index is 0.00560. The van der Waals surface area contributed by atoms with E-state index >= 15 is 0 Å². The number of nitrogens with one attached hydrogen (secondary N) is 1. The van der Waals surface area contributed by atoms with Crippen LogP contribution in [0.3, 0.4) is 0 Å². The van der Waals surface area contributed by atoms with Crippen molar-refractivity contribution >= 4 is 11.8 Å². The minimum Gasteiger partial charge on any atom is -0.496 e. The van der Waals surface area contributed by atoms with Gasteiger partial charge < -0.3 is 19.7 Å². The molecule has 2 aromatic carbocycles. The Kier molecular flexibility index (Phi) is 7.21. The molecule has 2 aliphatic heterocycles. The Morgan fingerprint density at radius 1 is 1.06 bits per heavy atom. The van der Waals surface area contributed by atoms with Gasteiger partial charge in [-0.2, -0.15) is 0 Å². The van der Waals surface area contributed by atoms with Crippen molar-refractivity contribution in [2.75, 3.05) is 26.7 Å². The number of likely N-dealkylation sites (tertiary alicyclic amines) is 1. The third-order valence-electron chi connectivity index (χ3n) is 7.14. The first-order valence-corrected chi connectivity index (χ1v) is 12.0. The van der Waals surface area contributed by atoms with Crippen LogP contribution in [0.25, 0.3) is 0 Å². The number of benzene rings is 2. The Morgan fingerprint density at radius 2 is 1.79 bits per heavy atom. The molecule has 1 atom stereocenters. The van der Waals surface area contributed by atoms with Crippen LogP contribution in [0, 0.1) is 5.41 Å². The number of hydrogen-bond acceptors (Lipinski definition) is 4. The van der Waals surface area contributed by atoms with E-state index in [2.05, 4.69) is 11.4 Å². The molecule has 176 valence electrons. The highest BCUT2D eigenvalue weighted by Gasteiger charge is 2.37.